The van der Waals surface area contributed by atoms with Crippen molar-refractivity contribution in [1.29, 1.82) is 0 Å². The van der Waals surface area contributed by atoms with Gasteiger partial charge in [0.1, 0.15) is 0 Å². The second-order valence-electron chi connectivity index (χ2n) is 2.62. The Morgan fingerprint density at radius 1 is 1.23 bits per heavy atom. The van der Waals surface area contributed by atoms with Crippen molar-refractivity contribution in [2.75, 3.05) is 0 Å². The molecule has 0 heterocycles. The summed E-state index contributed by atoms with van der Waals surface area (Å²) in [5, 5.41) is 0. The van der Waals surface area contributed by atoms with E-state index < -0.39 is 0 Å². The van der Waals surface area contributed by atoms with E-state index in [4.69, 9.17) is 0 Å². The van der Waals surface area contributed by atoms with E-state index in [1.54, 1.807) is 6.08 Å². The molecule has 0 rings (SSSR count). The van der Waals surface area contributed by atoms with Crippen molar-refractivity contribution in [2.24, 2.45) is 0 Å². The van der Waals surface area contributed by atoms with Gasteiger partial charge in [0.25, 0.3) is 0 Å². The van der Waals surface area contributed by atoms with Gasteiger partial charge < -0.3 is 0 Å². The zero-order valence-electron chi connectivity index (χ0n) is 8.59. The van der Waals surface area contributed by atoms with Crippen LogP contribution in [0.4, 0.5) is 0 Å². The van der Waals surface area contributed by atoms with E-state index in [1.807, 2.05) is 25.2 Å². The molecule has 0 saturated heterocycles. The maximum atomic E-state index is 3.70. The number of hydrogen-bond acceptors (Lipinski definition) is 0. The molecule has 0 unspecified atom stereocenters. The molecule has 0 aliphatic heterocycles. The molecule has 13 heavy (non-hydrogen) atoms. The fourth-order valence-corrected chi connectivity index (χ4v) is 1.12. The molecule has 0 amide bonds. The zero-order chi connectivity index (χ0) is 10.1. The third kappa shape index (κ3) is 4.32. The fraction of sp³-hybridized carbons (Fsp3) is 0.231. The molecular weight excluding hydrogens is 156 g/mol. The van der Waals surface area contributed by atoms with Crippen molar-refractivity contribution < 1.29 is 0 Å². The van der Waals surface area contributed by atoms with Crippen molar-refractivity contribution in [3.05, 3.63) is 60.8 Å². The predicted octanol–water partition coefficient (Wildman–Crippen LogP) is 4.20. The van der Waals surface area contributed by atoms with E-state index in [0.29, 0.717) is 0 Å². The summed E-state index contributed by atoms with van der Waals surface area (Å²) in [7, 11) is 0. The minimum absolute atomic E-state index is 1.02. The Morgan fingerprint density at radius 3 is 2.31 bits per heavy atom. The van der Waals surface area contributed by atoms with Crippen molar-refractivity contribution >= 4 is 0 Å². The summed E-state index contributed by atoms with van der Waals surface area (Å²) in [6, 6.07) is 0. The first-order valence-corrected chi connectivity index (χ1v) is 4.57. The van der Waals surface area contributed by atoms with Crippen LogP contribution in [0.15, 0.2) is 60.8 Å². The quantitative estimate of drug-likeness (QED) is 0.548. The smallest absolute Gasteiger partial charge is 0.0267 e. The number of hydrogen-bond donors (Lipinski definition) is 0. The van der Waals surface area contributed by atoms with Crippen LogP contribution in [0.5, 0.6) is 0 Å². The van der Waals surface area contributed by atoms with Gasteiger partial charge in [0, 0.05) is 0 Å². The molecule has 0 heteroatoms. The Labute approximate surface area is 81.7 Å². The third-order valence-corrected chi connectivity index (χ3v) is 1.79. The Hall–Kier alpha value is -1.30. The molecule has 0 saturated carbocycles. The average Bonchev–Trinajstić information content (AvgIpc) is 2.17. The summed E-state index contributed by atoms with van der Waals surface area (Å²) in [4.78, 5) is 0. The van der Waals surface area contributed by atoms with Gasteiger partial charge in [-0.1, -0.05) is 56.5 Å². The molecule has 0 aliphatic rings. The van der Waals surface area contributed by atoms with Crippen molar-refractivity contribution in [1.82, 2.24) is 0 Å². The first-order valence-electron chi connectivity index (χ1n) is 4.57. The zero-order valence-corrected chi connectivity index (χ0v) is 8.59. The lowest BCUT2D eigenvalue weighted by atomic mass is 10.0. The van der Waals surface area contributed by atoms with Gasteiger partial charge in [0.2, 0.25) is 0 Å². The molecule has 0 N–H and O–H groups in total. The maximum absolute atomic E-state index is 3.70. The lowest BCUT2D eigenvalue weighted by Gasteiger charge is -2.03. The molecule has 0 aromatic carbocycles. The first-order chi connectivity index (χ1) is 6.29. The van der Waals surface area contributed by atoms with E-state index in [1.165, 1.54) is 11.1 Å². The third-order valence-electron chi connectivity index (χ3n) is 1.79. The SMILES string of the molecule is C=C\C=C/C(=C\C)C(=C/C=C)/CC. The van der Waals surface area contributed by atoms with Crippen LogP contribution >= 0.6 is 0 Å². The summed E-state index contributed by atoms with van der Waals surface area (Å²) in [6.45, 7) is 11.5. The minimum Gasteiger partial charge on any atom is -0.0991 e. The summed E-state index contributed by atoms with van der Waals surface area (Å²) in [5.74, 6) is 0. The lowest BCUT2D eigenvalue weighted by Crippen LogP contribution is -1.83. The Balaban J connectivity index is 4.74. The highest BCUT2D eigenvalue weighted by atomic mass is 14.0. The van der Waals surface area contributed by atoms with Gasteiger partial charge >= 0.3 is 0 Å². The highest BCUT2D eigenvalue weighted by molar-refractivity contribution is 5.41. The van der Waals surface area contributed by atoms with Gasteiger partial charge in [0.05, 0.1) is 0 Å². The number of rotatable bonds is 5. The first kappa shape index (κ1) is 11.7. The normalized spacial score (nSPS) is 13.4. The van der Waals surface area contributed by atoms with Gasteiger partial charge in [-0.15, -0.1) is 0 Å². The lowest BCUT2D eigenvalue weighted by molar-refractivity contribution is 1.12. The van der Waals surface area contributed by atoms with Gasteiger partial charge in [-0.25, -0.2) is 0 Å². The molecule has 70 valence electrons. The van der Waals surface area contributed by atoms with Crippen LogP contribution in [0, 0.1) is 0 Å². The van der Waals surface area contributed by atoms with Crippen LogP contribution in [-0.4, -0.2) is 0 Å². The monoisotopic (exact) mass is 174 g/mol. The second kappa shape index (κ2) is 7.35. The van der Waals surface area contributed by atoms with Gasteiger partial charge in [-0.2, -0.15) is 0 Å². The van der Waals surface area contributed by atoms with E-state index in [0.717, 1.165) is 6.42 Å². The minimum atomic E-state index is 1.02. The van der Waals surface area contributed by atoms with E-state index in [9.17, 15) is 0 Å². The van der Waals surface area contributed by atoms with E-state index in [2.05, 4.69) is 32.2 Å². The Kier molecular flexibility index (Phi) is 6.62. The summed E-state index contributed by atoms with van der Waals surface area (Å²) >= 11 is 0. The Bertz CT molecular complexity index is 249. The van der Waals surface area contributed by atoms with Gasteiger partial charge in [0.15, 0.2) is 0 Å². The molecule has 0 atom stereocenters. The molecule has 0 aromatic heterocycles. The molecule has 0 spiro atoms. The van der Waals surface area contributed by atoms with Crippen molar-refractivity contribution in [3.8, 4) is 0 Å². The van der Waals surface area contributed by atoms with Crippen LogP contribution < -0.4 is 0 Å². The fourth-order valence-electron chi connectivity index (χ4n) is 1.12. The largest absolute Gasteiger partial charge is 0.0991 e. The molecule has 0 bridgehead atoms. The van der Waals surface area contributed by atoms with E-state index in [-0.39, 0.29) is 0 Å². The second-order valence-corrected chi connectivity index (χ2v) is 2.62. The van der Waals surface area contributed by atoms with Crippen LogP contribution in [0.1, 0.15) is 20.3 Å². The summed E-state index contributed by atoms with van der Waals surface area (Å²) in [5.41, 5.74) is 2.54. The highest BCUT2D eigenvalue weighted by Gasteiger charge is 1.95. The Morgan fingerprint density at radius 2 is 1.92 bits per heavy atom. The van der Waals surface area contributed by atoms with Crippen molar-refractivity contribution in [3.63, 3.8) is 0 Å². The van der Waals surface area contributed by atoms with Crippen LogP contribution in [0.2, 0.25) is 0 Å². The molecule has 0 radical (unpaired) electrons. The predicted molar refractivity (Wildman–Crippen MR) is 61.7 cm³/mol. The van der Waals surface area contributed by atoms with E-state index >= 15 is 0 Å². The summed E-state index contributed by atoms with van der Waals surface area (Å²) < 4.78 is 0. The van der Waals surface area contributed by atoms with Crippen LogP contribution in [-0.2, 0) is 0 Å². The summed E-state index contributed by atoms with van der Waals surface area (Å²) in [6.07, 6.45) is 12.8. The van der Waals surface area contributed by atoms with Crippen LogP contribution in [0.3, 0.4) is 0 Å². The molecular formula is C13H18. The van der Waals surface area contributed by atoms with Gasteiger partial charge in [-0.3, -0.25) is 0 Å². The molecule has 0 aliphatic carbocycles. The standard InChI is InChI=1S/C13H18/c1-5-9-11-13(8-4)12(7-3)10-6-2/h5-6,8-11H,1-2,7H2,3-4H3/b11-9-,12-10+,13-8+. The molecule has 0 fully saturated rings. The maximum Gasteiger partial charge on any atom is -0.0267 e. The topological polar surface area (TPSA) is 0 Å². The van der Waals surface area contributed by atoms with Gasteiger partial charge in [-0.05, 0) is 24.5 Å². The molecule has 0 aromatic rings. The van der Waals surface area contributed by atoms with Crippen molar-refractivity contribution in [2.45, 2.75) is 20.3 Å². The van der Waals surface area contributed by atoms with Crippen LogP contribution in [0.25, 0.3) is 0 Å². The number of allylic oxidation sites excluding steroid dienone is 8. The average molecular weight is 174 g/mol. The molecule has 0 nitrogen and oxygen atoms in total. The highest BCUT2D eigenvalue weighted by Crippen LogP contribution is 2.15.